The third-order valence-electron chi connectivity index (χ3n) is 2.41. The highest BCUT2D eigenvalue weighted by Gasteiger charge is 2.14. The number of carbonyl (C=O) groups is 1. The third kappa shape index (κ3) is 4.30. The summed E-state index contributed by atoms with van der Waals surface area (Å²) in [4.78, 5) is 11.8. The van der Waals surface area contributed by atoms with E-state index < -0.39 is 6.10 Å². The average molecular weight is 321 g/mol. The normalized spacial score (nSPS) is 12.6. The minimum absolute atomic E-state index is 0.105. The van der Waals surface area contributed by atoms with Crippen LogP contribution in [0, 0.1) is 5.92 Å². The van der Waals surface area contributed by atoms with Crippen molar-refractivity contribution in [1.82, 2.24) is 5.32 Å². The summed E-state index contributed by atoms with van der Waals surface area (Å²) in [7, 11) is 0. The lowest BCUT2D eigenvalue weighted by atomic mass is 10.1. The van der Waals surface area contributed by atoms with E-state index in [9.17, 15) is 9.90 Å². The van der Waals surface area contributed by atoms with E-state index in [-0.39, 0.29) is 18.4 Å². The highest BCUT2D eigenvalue weighted by molar-refractivity contribution is 9.10. The molecule has 0 radical (unpaired) electrons. The molecule has 1 rings (SSSR count). The lowest BCUT2D eigenvalue weighted by Crippen LogP contribution is -2.34. The van der Waals surface area contributed by atoms with Crippen LogP contribution in [0.2, 0.25) is 5.02 Å². The van der Waals surface area contributed by atoms with Gasteiger partial charge in [-0.3, -0.25) is 4.79 Å². The molecule has 0 aliphatic carbocycles. The van der Waals surface area contributed by atoms with Gasteiger partial charge in [0.1, 0.15) is 0 Å². The van der Waals surface area contributed by atoms with E-state index in [0.717, 1.165) is 4.47 Å². The number of rotatable bonds is 4. The first-order chi connectivity index (χ1) is 7.91. The Morgan fingerprint density at radius 2 is 2.18 bits per heavy atom. The van der Waals surface area contributed by atoms with Crippen LogP contribution in [-0.2, 0) is 0 Å². The van der Waals surface area contributed by atoms with E-state index in [1.807, 2.05) is 13.8 Å². The first-order valence-electron chi connectivity index (χ1n) is 5.33. The molecule has 17 heavy (non-hydrogen) atoms. The SMILES string of the molecule is CC(C)C(O)CNC(=O)c1cc(Br)ccc1Cl. The molecular weight excluding hydrogens is 305 g/mol. The van der Waals surface area contributed by atoms with Crippen molar-refractivity contribution in [1.29, 1.82) is 0 Å². The summed E-state index contributed by atoms with van der Waals surface area (Å²) in [5.41, 5.74) is 0.400. The van der Waals surface area contributed by atoms with Crippen molar-refractivity contribution in [3.8, 4) is 0 Å². The molecule has 0 heterocycles. The van der Waals surface area contributed by atoms with Gasteiger partial charge in [0.05, 0.1) is 16.7 Å². The Morgan fingerprint density at radius 3 is 2.76 bits per heavy atom. The second-order valence-corrected chi connectivity index (χ2v) is 5.47. The average Bonchev–Trinajstić information content (AvgIpc) is 2.28. The zero-order valence-electron chi connectivity index (χ0n) is 9.71. The third-order valence-corrected chi connectivity index (χ3v) is 3.24. The van der Waals surface area contributed by atoms with Crippen LogP contribution in [0.5, 0.6) is 0 Å². The maximum Gasteiger partial charge on any atom is 0.252 e. The Morgan fingerprint density at radius 1 is 1.53 bits per heavy atom. The van der Waals surface area contributed by atoms with Gasteiger partial charge in [0, 0.05) is 11.0 Å². The predicted octanol–water partition coefficient (Wildman–Crippen LogP) is 2.85. The Bertz CT molecular complexity index is 409. The summed E-state index contributed by atoms with van der Waals surface area (Å²) < 4.78 is 0.788. The molecule has 0 aromatic heterocycles. The van der Waals surface area contributed by atoms with Crippen molar-refractivity contribution in [3.63, 3.8) is 0 Å². The van der Waals surface area contributed by atoms with Crippen LogP contribution < -0.4 is 5.32 Å². The van der Waals surface area contributed by atoms with Crippen molar-refractivity contribution < 1.29 is 9.90 Å². The fourth-order valence-electron chi connectivity index (χ4n) is 1.20. The van der Waals surface area contributed by atoms with Crippen molar-refractivity contribution in [2.24, 2.45) is 5.92 Å². The monoisotopic (exact) mass is 319 g/mol. The molecule has 2 N–H and O–H groups in total. The molecule has 0 spiro atoms. The number of nitrogens with one attached hydrogen (secondary N) is 1. The maximum absolute atomic E-state index is 11.8. The minimum atomic E-state index is -0.551. The van der Waals surface area contributed by atoms with Gasteiger partial charge in [0.2, 0.25) is 0 Å². The predicted molar refractivity (Wildman–Crippen MR) is 72.3 cm³/mol. The van der Waals surface area contributed by atoms with Crippen LogP contribution >= 0.6 is 27.5 Å². The van der Waals surface area contributed by atoms with Gasteiger partial charge >= 0.3 is 0 Å². The summed E-state index contributed by atoms with van der Waals surface area (Å²) in [6.45, 7) is 4.01. The zero-order valence-corrected chi connectivity index (χ0v) is 12.0. The fourth-order valence-corrected chi connectivity index (χ4v) is 1.76. The van der Waals surface area contributed by atoms with Gasteiger partial charge in [-0.15, -0.1) is 0 Å². The Labute approximate surface area is 114 Å². The van der Waals surface area contributed by atoms with Crippen LogP contribution in [0.1, 0.15) is 24.2 Å². The molecule has 1 aromatic rings. The Balaban J connectivity index is 2.67. The van der Waals surface area contributed by atoms with Gasteiger partial charge in [-0.1, -0.05) is 41.4 Å². The van der Waals surface area contributed by atoms with E-state index in [4.69, 9.17) is 11.6 Å². The van der Waals surface area contributed by atoms with Crippen molar-refractivity contribution >= 4 is 33.4 Å². The highest BCUT2D eigenvalue weighted by atomic mass is 79.9. The molecular formula is C12H15BrClNO2. The van der Waals surface area contributed by atoms with E-state index >= 15 is 0 Å². The summed E-state index contributed by atoms with van der Waals surface area (Å²) >= 11 is 9.20. The van der Waals surface area contributed by atoms with Crippen molar-refractivity contribution in [2.75, 3.05) is 6.54 Å². The van der Waals surface area contributed by atoms with Gasteiger partial charge in [-0.05, 0) is 24.1 Å². The summed E-state index contributed by atoms with van der Waals surface area (Å²) in [6, 6.07) is 5.07. The topological polar surface area (TPSA) is 49.3 Å². The number of amides is 1. The minimum Gasteiger partial charge on any atom is -0.391 e. The summed E-state index contributed by atoms with van der Waals surface area (Å²) in [5, 5.41) is 12.6. The number of hydrogen-bond donors (Lipinski definition) is 2. The first kappa shape index (κ1) is 14.5. The molecule has 5 heteroatoms. The molecule has 94 valence electrons. The second-order valence-electron chi connectivity index (χ2n) is 4.15. The molecule has 0 fully saturated rings. The van der Waals surface area contributed by atoms with E-state index in [2.05, 4.69) is 21.2 Å². The molecule has 0 saturated heterocycles. The lowest BCUT2D eigenvalue weighted by molar-refractivity contribution is 0.0871. The van der Waals surface area contributed by atoms with Crippen molar-refractivity contribution in [3.05, 3.63) is 33.3 Å². The molecule has 0 bridgehead atoms. The van der Waals surface area contributed by atoms with E-state index in [1.54, 1.807) is 18.2 Å². The molecule has 1 unspecified atom stereocenters. The smallest absolute Gasteiger partial charge is 0.252 e. The molecule has 0 aliphatic heterocycles. The van der Waals surface area contributed by atoms with Crippen LogP contribution in [0.3, 0.4) is 0 Å². The van der Waals surface area contributed by atoms with Crippen LogP contribution in [0.25, 0.3) is 0 Å². The van der Waals surface area contributed by atoms with Gasteiger partial charge < -0.3 is 10.4 Å². The van der Waals surface area contributed by atoms with Crippen molar-refractivity contribution in [2.45, 2.75) is 20.0 Å². The van der Waals surface area contributed by atoms with E-state index in [1.165, 1.54) is 0 Å². The summed E-state index contributed by atoms with van der Waals surface area (Å²) in [5.74, 6) is -0.177. The molecule has 3 nitrogen and oxygen atoms in total. The van der Waals surface area contributed by atoms with E-state index in [0.29, 0.717) is 10.6 Å². The van der Waals surface area contributed by atoms with Crippen LogP contribution in [-0.4, -0.2) is 23.7 Å². The van der Waals surface area contributed by atoms with Gasteiger partial charge in [-0.2, -0.15) is 0 Å². The first-order valence-corrected chi connectivity index (χ1v) is 6.50. The summed E-state index contributed by atoms with van der Waals surface area (Å²) in [6.07, 6.45) is -0.551. The van der Waals surface area contributed by atoms with Crippen LogP contribution in [0.4, 0.5) is 0 Å². The lowest BCUT2D eigenvalue weighted by Gasteiger charge is -2.15. The molecule has 1 aromatic carbocycles. The number of halogens is 2. The second kappa shape index (κ2) is 6.38. The molecule has 0 aliphatic rings. The van der Waals surface area contributed by atoms with Crippen LogP contribution in [0.15, 0.2) is 22.7 Å². The Hall–Kier alpha value is -0.580. The highest BCUT2D eigenvalue weighted by Crippen LogP contribution is 2.20. The van der Waals surface area contributed by atoms with Gasteiger partial charge in [0.25, 0.3) is 5.91 Å². The number of carbonyl (C=O) groups excluding carboxylic acids is 1. The molecule has 0 saturated carbocycles. The van der Waals surface area contributed by atoms with Gasteiger partial charge in [-0.25, -0.2) is 0 Å². The Kier molecular flexibility index (Phi) is 5.43. The molecule has 1 amide bonds. The largest absolute Gasteiger partial charge is 0.391 e. The molecule has 1 atom stereocenters. The number of benzene rings is 1. The standard InChI is InChI=1S/C12H15BrClNO2/c1-7(2)11(16)6-15-12(17)9-5-8(13)3-4-10(9)14/h3-5,7,11,16H,6H2,1-2H3,(H,15,17). The zero-order chi connectivity index (χ0) is 13.0. The number of aliphatic hydroxyl groups excluding tert-OH is 1. The fraction of sp³-hybridized carbons (Fsp3) is 0.417. The number of hydrogen-bond acceptors (Lipinski definition) is 2. The number of aliphatic hydroxyl groups is 1. The maximum atomic E-state index is 11.8. The van der Waals surface area contributed by atoms with Gasteiger partial charge in [0.15, 0.2) is 0 Å². The quantitative estimate of drug-likeness (QED) is 0.896.